The molecule has 0 spiro atoms. The van der Waals surface area contributed by atoms with Gasteiger partial charge in [0.25, 0.3) is 5.91 Å². The average Bonchev–Trinajstić information content (AvgIpc) is 2.15. The Hall–Kier alpha value is -0.570. The molecule has 0 aromatic rings. The minimum Gasteiger partial charge on any atom is -0.381 e. The zero-order valence-corrected chi connectivity index (χ0v) is 10.3. The highest BCUT2D eigenvalue weighted by atomic mass is 16.3. The molecule has 1 rings (SSSR count). The molecule has 2 atom stereocenters. The maximum absolute atomic E-state index is 11.9. The Bertz CT molecular complexity index is 232. The lowest BCUT2D eigenvalue weighted by molar-refractivity contribution is -0.150. The van der Waals surface area contributed by atoms with Gasteiger partial charge in [-0.1, -0.05) is 19.8 Å². The number of hydrogen-bond acceptors (Lipinski definition) is 2. The maximum Gasteiger partial charge on any atom is 0.253 e. The van der Waals surface area contributed by atoms with Crippen LogP contribution in [0.15, 0.2) is 0 Å². The molecule has 88 valence electrons. The van der Waals surface area contributed by atoms with Gasteiger partial charge >= 0.3 is 0 Å². The third-order valence-corrected chi connectivity index (χ3v) is 3.41. The van der Waals surface area contributed by atoms with Gasteiger partial charge in [-0.2, -0.15) is 0 Å². The Morgan fingerprint density at radius 2 is 1.87 bits per heavy atom. The van der Waals surface area contributed by atoms with Crippen LogP contribution in [0.3, 0.4) is 0 Å². The van der Waals surface area contributed by atoms with Crippen LogP contribution in [-0.2, 0) is 4.79 Å². The molecule has 2 unspecified atom stereocenters. The van der Waals surface area contributed by atoms with Crippen molar-refractivity contribution in [2.45, 2.75) is 58.1 Å². The molecule has 1 aliphatic carbocycles. The lowest BCUT2D eigenvalue weighted by atomic mass is 9.84. The van der Waals surface area contributed by atoms with Gasteiger partial charge in [-0.05, 0) is 32.6 Å². The molecule has 15 heavy (non-hydrogen) atoms. The van der Waals surface area contributed by atoms with Crippen LogP contribution >= 0.6 is 0 Å². The minimum atomic E-state index is -1.24. The molecule has 1 fully saturated rings. The molecule has 1 N–H and O–H groups in total. The summed E-state index contributed by atoms with van der Waals surface area (Å²) in [7, 11) is 1.81. The van der Waals surface area contributed by atoms with Crippen LogP contribution in [0.25, 0.3) is 0 Å². The second-order valence-electron chi connectivity index (χ2n) is 5.30. The van der Waals surface area contributed by atoms with Crippen molar-refractivity contribution in [3.8, 4) is 0 Å². The van der Waals surface area contributed by atoms with Crippen molar-refractivity contribution < 1.29 is 9.90 Å². The van der Waals surface area contributed by atoms with Crippen LogP contribution in [0.4, 0.5) is 0 Å². The van der Waals surface area contributed by atoms with E-state index in [2.05, 4.69) is 6.92 Å². The summed E-state index contributed by atoms with van der Waals surface area (Å²) in [5, 5.41) is 9.68. The van der Waals surface area contributed by atoms with E-state index in [1.807, 2.05) is 7.05 Å². The lowest BCUT2D eigenvalue weighted by Crippen LogP contribution is -2.50. The molecule has 3 heteroatoms. The summed E-state index contributed by atoms with van der Waals surface area (Å²) < 4.78 is 0. The molecule has 1 amide bonds. The molecule has 0 saturated heterocycles. The highest BCUT2D eigenvalue weighted by Gasteiger charge is 2.34. The normalized spacial score (nSPS) is 27.5. The van der Waals surface area contributed by atoms with E-state index in [9.17, 15) is 9.90 Å². The number of likely N-dealkylation sites (N-methyl/N-ethyl adjacent to an activating group) is 1. The van der Waals surface area contributed by atoms with Crippen molar-refractivity contribution in [2.24, 2.45) is 5.92 Å². The predicted molar refractivity (Wildman–Crippen MR) is 60.5 cm³/mol. The monoisotopic (exact) mass is 213 g/mol. The largest absolute Gasteiger partial charge is 0.381 e. The Balaban J connectivity index is 2.66. The van der Waals surface area contributed by atoms with Gasteiger partial charge in [0.15, 0.2) is 0 Å². The number of nitrogens with zero attached hydrogens (tertiary/aromatic N) is 1. The SMILES string of the molecule is CC1CCCCC1N(C)C(=O)C(C)(C)O. The Morgan fingerprint density at radius 1 is 1.33 bits per heavy atom. The quantitative estimate of drug-likeness (QED) is 0.759. The number of aliphatic hydroxyl groups is 1. The van der Waals surface area contributed by atoms with Crippen LogP contribution in [0.1, 0.15) is 46.5 Å². The third kappa shape index (κ3) is 2.94. The predicted octanol–water partition coefficient (Wildman–Crippen LogP) is 1.79. The molecule has 3 nitrogen and oxygen atoms in total. The number of carbonyl (C=O) groups is 1. The molecule has 0 aromatic carbocycles. The van der Waals surface area contributed by atoms with E-state index < -0.39 is 5.60 Å². The molecule has 1 saturated carbocycles. The van der Waals surface area contributed by atoms with E-state index >= 15 is 0 Å². The Morgan fingerprint density at radius 3 is 2.33 bits per heavy atom. The van der Waals surface area contributed by atoms with E-state index in [1.54, 1.807) is 18.7 Å². The summed E-state index contributed by atoms with van der Waals surface area (Å²) in [6.45, 7) is 5.30. The second-order valence-corrected chi connectivity index (χ2v) is 5.30. The number of amides is 1. The summed E-state index contributed by atoms with van der Waals surface area (Å²) in [6.07, 6.45) is 4.72. The molecule has 0 aliphatic heterocycles. The van der Waals surface area contributed by atoms with E-state index in [1.165, 1.54) is 19.3 Å². The van der Waals surface area contributed by atoms with E-state index in [0.29, 0.717) is 12.0 Å². The van der Waals surface area contributed by atoms with E-state index in [4.69, 9.17) is 0 Å². The van der Waals surface area contributed by atoms with Crippen molar-refractivity contribution in [1.82, 2.24) is 4.90 Å². The standard InChI is InChI=1S/C12H23NO2/c1-9-7-5-6-8-10(9)13(4)11(14)12(2,3)15/h9-10,15H,5-8H2,1-4H3. The summed E-state index contributed by atoms with van der Waals surface area (Å²) in [5.41, 5.74) is -1.24. The van der Waals surface area contributed by atoms with Crippen molar-refractivity contribution >= 4 is 5.91 Å². The highest BCUT2D eigenvalue weighted by molar-refractivity contribution is 5.84. The first-order chi connectivity index (χ1) is 6.84. The van der Waals surface area contributed by atoms with Gasteiger partial charge in [0.2, 0.25) is 0 Å². The van der Waals surface area contributed by atoms with Gasteiger partial charge in [0.05, 0.1) is 0 Å². The van der Waals surface area contributed by atoms with E-state index in [-0.39, 0.29) is 5.91 Å². The number of hydrogen-bond donors (Lipinski definition) is 1. The van der Waals surface area contributed by atoms with Crippen LogP contribution in [0, 0.1) is 5.92 Å². The summed E-state index contributed by atoms with van der Waals surface area (Å²) >= 11 is 0. The van der Waals surface area contributed by atoms with Gasteiger partial charge in [-0.25, -0.2) is 0 Å². The molecular weight excluding hydrogens is 190 g/mol. The summed E-state index contributed by atoms with van der Waals surface area (Å²) in [4.78, 5) is 13.6. The fourth-order valence-electron chi connectivity index (χ4n) is 2.45. The van der Waals surface area contributed by atoms with Crippen LogP contribution < -0.4 is 0 Å². The second kappa shape index (κ2) is 4.52. The Labute approximate surface area is 92.5 Å². The van der Waals surface area contributed by atoms with E-state index in [0.717, 1.165) is 6.42 Å². The van der Waals surface area contributed by atoms with Crippen LogP contribution in [0.2, 0.25) is 0 Å². The molecule has 0 radical (unpaired) electrons. The summed E-state index contributed by atoms with van der Waals surface area (Å²) in [6, 6.07) is 0.303. The van der Waals surface area contributed by atoms with Gasteiger partial charge in [0, 0.05) is 13.1 Å². The maximum atomic E-state index is 11.9. The Kier molecular flexibility index (Phi) is 3.77. The van der Waals surface area contributed by atoms with Gasteiger partial charge in [-0.15, -0.1) is 0 Å². The molecule has 0 aromatic heterocycles. The number of carbonyl (C=O) groups excluding carboxylic acids is 1. The van der Waals surface area contributed by atoms with Gasteiger partial charge in [0.1, 0.15) is 5.60 Å². The fourth-order valence-corrected chi connectivity index (χ4v) is 2.45. The van der Waals surface area contributed by atoms with Crippen LogP contribution in [0.5, 0.6) is 0 Å². The molecule has 0 bridgehead atoms. The zero-order chi connectivity index (χ0) is 11.6. The fraction of sp³-hybridized carbons (Fsp3) is 0.917. The first kappa shape index (κ1) is 12.5. The first-order valence-electron chi connectivity index (χ1n) is 5.83. The van der Waals surface area contributed by atoms with Crippen LogP contribution in [-0.4, -0.2) is 34.6 Å². The van der Waals surface area contributed by atoms with Crippen molar-refractivity contribution in [3.63, 3.8) is 0 Å². The number of rotatable bonds is 2. The van der Waals surface area contributed by atoms with Crippen molar-refractivity contribution in [2.75, 3.05) is 7.05 Å². The minimum absolute atomic E-state index is 0.166. The molecule has 1 aliphatic rings. The lowest BCUT2D eigenvalue weighted by Gasteiger charge is -2.38. The van der Waals surface area contributed by atoms with Crippen molar-refractivity contribution in [3.05, 3.63) is 0 Å². The van der Waals surface area contributed by atoms with Gasteiger partial charge < -0.3 is 10.0 Å². The first-order valence-corrected chi connectivity index (χ1v) is 5.83. The smallest absolute Gasteiger partial charge is 0.253 e. The zero-order valence-electron chi connectivity index (χ0n) is 10.3. The topological polar surface area (TPSA) is 40.5 Å². The highest BCUT2D eigenvalue weighted by Crippen LogP contribution is 2.28. The van der Waals surface area contributed by atoms with Gasteiger partial charge in [-0.3, -0.25) is 4.79 Å². The third-order valence-electron chi connectivity index (χ3n) is 3.41. The average molecular weight is 213 g/mol. The van der Waals surface area contributed by atoms with Crippen molar-refractivity contribution in [1.29, 1.82) is 0 Å². The molecular formula is C12H23NO2. The molecule has 0 heterocycles. The summed E-state index contributed by atoms with van der Waals surface area (Å²) in [5.74, 6) is 0.385.